The van der Waals surface area contributed by atoms with Gasteiger partial charge in [0.25, 0.3) is 0 Å². The van der Waals surface area contributed by atoms with Gasteiger partial charge in [-0.25, -0.2) is 0 Å². The van der Waals surface area contributed by atoms with Crippen molar-refractivity contribution in [3.8, 4) is 17.6 Å². The van der Waals surface area contributed by atoms with Gasteiger partial charge in [0.1, 0.15) is 0 Å². The van der Waals surface area contributed by atoms with Gasteiger partial charge >= 0.3 is 5.97 Å². The van der Waals surface area contributed by atoms with Gasteiger partial charge in [-0.15, -0.1) is 0 Å². The molecular weight excluding hydrogens is 210 g/mol. The minimum atomic E-state index is -0.521. The first-order valence-electron chi connectivity index (χ1n) is 4.69. The Balaban J connectivity index is 3.00. The van der Waals surface area contributed by atoms with E-state index < -0.39 is 17.5 Å². The zero-order chi connectivity index (χ0) is 12.1. The summed E-state index contributed by atoms with van der Waals surface area (Å²) in [4.78, 5) is 11.2. The van der Waals surface area contributed by atoms with Gasteiger partial charge in [0.2, 0.25) is 0 Å². The van der Waals surface area contributed by atoms with E-state index in [1.165, 1.54) is 6.07 Å². The highest BCUT2D eigenvalue weighted by atomic mass is 16.5. The molecule has 5 nitrogen and oxygen atoms in total. The molecule has 0 saturated heterocycles. The highest BCUT2D eigenvalue weighted by Gasteiger charge is 2.13. The fraction of sp³-hybridized carbons (Fsp3) is 0.273. The summed E-state index contributed by atoms with van der Waals surface area (Å²) in [6.07, 6.45) is -0.178. The first-order chi connectivity index (χ1) is 7.58. The van der Waals surface area contributed by atoms with Crippen molar-refractivity contribution < 1.29 is 19.7 Å². The van der Waals surface area contributed by atoms with Crippen molar-refractivity contribution in [2.45, 2.75) is 13.3 Å². The summed E-state index contributed by atoms with van der Waals surface area (Å²) < 4.78 is 4.70. The van der Waals surface area contributed by atoms with E-state index in [-0.39, 0.29) is 24.2 Å². The lowest BCUT2D eigenvalue weighted by Crippen LogP contribution is -2.07. The number of ether oxygens (including phenoxy) is 1. The van der Waals surface area contributed by atoms with Gasteiger partial charge in [0, 0.05) is 11.6 Å². The van der Waals surface area contributed by atoms with Crippen LogP contribution in [0.5, 0.6) is 11.5 Å². The Morgan fingerprint density at radius 1 is 1.50 bits per heavy atom. The molecule has 0 atom stereocenters. The van der Waals surface area contributed by atoms with Gasteiger partial charge in [-0.05, 0) is 13.0 Å². The Morgan fingerprint density at radius 3 is 2.75 bits per heavy atom. The molecule has 0 radical (unpaired) electrons. The number of nitriles is 1. The fourth-order valence-corrected chi connectivity index (χ4v) is 1.24. The molecule has 0 heterocycles. The third-order valence-corrected chi connectivity index (χ3v) is 1.94. The lowest BCUT2D eigenvalue weighted by atomic mass is 10.1. The second-order valence-corrected chi connectivity index (χ2v) is 3.10. The highest BCUT2D eigenvalue weighted by molar-refractivity contribution is 5.74. The number of phenols is 2. The van der Waals surface area contributed by atoms with Gasteiger partial charge in [-0.3, -0.25) is 4.79 Å². The predicted molar refractivity (Wildman–Crippen MR) is 54.8 cm³/mol. The zero-order valence-electron chi connectivity index (χ0n) is 8.73. The van der Waals surface area contributed by atoms with Crippen molar-refractivity contribution in [1.29, 1.82) is 5.26 Å². The molecular formula is C11H11NO4. The van der Waals surface area contributed by atoms with Crippen molar-refractivity contribution in [3.05, 3.63) is 23.3 Å². The van der Waals surface area contributed by atoms with E-state index in [0.29, 0.717) is 0 Å². The third-order valence-electron chi connectivity index (χ3n) is 1.94. The number of aromatic hydroxyl groups is 2. The quantitative estimate of drug-likeness (QED) is 0.588. The van der Waals surface area contributed by atoms with Crippen molar-refractivity contribution in [2.24, 2.45) is 0 Å². The smallest absolute Gasteiger partial charge is 0.310 e. The number of carbonyl (C=O) groups excluding carboxylic acids is 1. The number of benzene rings is 1. The van der Waals surface area contributed by atoms with Gasteiger partial charge in [-0.1, -0.05) is 0 Å². The van der Waals surface area contributed by atoms with Crippen LogP contribution in [-0.2, 0) is 16.0 Å². The summed E-state index contributed by atoms with van der Waals surface area (Å²) in [5.74, 6) is -1.34. The van der Waals surface area contributed by atoms with Crippen LogP contribution in [0.3, 0.4) is 0 Å². The summed E-state index contributed by atoms with van der Waals surface area (Å²) in [6, 6.07) is 4.29. The number of hydrogen-bond acceptors (Lipinski definition) is 5. The largest absolute Gasteiger partial charge is 0.504 e. The Labute approximate surface area is 92.5 Å². The van der Waals surface area contributed by atoms with Crippen molar-refractivity contribution >= 4 is 5.97 Å². The molecule has 0 aliphatic heterocycles. The van der Waals surface area contributed by atoms with Crippen molar-refractivity contribution in [3.63, 3.8) is 0 Å². The van der Waals surface area contributed by atoms with Crippen LogP contribution < -0.4 is 0 Å². The Bertz CT molecular complexity index is 448. The number of esters is 1. The SMILES string of the molecule is CCOC(=O)Cc1cc(C#N)cc(O)c1O. The second kappa shape index (κ2) is 5.03. The fourth-order valence-electron chi connectivity index (χ4n) is 1.24. The van der Waals surface area contributed by atoms with Crippen molar-refractivity contribution in [1.82, 2.24) is 0 Å². The Hall–Kier alpha value is -2.22. The highest BCUT2D eigenvalue weighted by Crippen LogP contribution is 2.30. The average molecular weight is 221 g/mol. The first-order valence-corrected chi connectivity index (χ1v) is 4.69. The maximum atomic E-state index is 11.2. The average Bonchev–Trinajstić information content (AvgIpc) is 2.24. The molecule has 1 aromatic carbocycles. The topological polar surface area (TPSA) is 90.6 Å². The molecule has 1 rings (SSSR count). The molecule has 0 amide bonds. The van der Waals surface area contributed by atoms with E-state index in [1.807, 2.05) is 6.07 Å². The van der Waals surface area contributed by atoms with Gasteiger partial charge in [0.15, 0.2) is 11.5 Å². The zero-order valence-corrected chi connectivity index (χ0v) is 8.73. The summed E-state index contributed by atoms with van der Waals surface area (Å²) in [5.41, 5.74) is 0.351. The summed E-state index contributed by atoms with van der Waals surface area (Å²) in [6.45, 7) is 1.91. The molecule has 0 bridgehead atoms. The number of nitrogens with zero attached hydrogens (tertiary/aromatic N) is 1. The number of phenolic OH excluding ortho intramolecular Hbond substituents is 2. The maximum absolute atomic E-state index is 11.2. The standard InChI is InChI=1S/C11H11NO4/c1-2-16-10(14)5-8-3-7(6-12)4-9(13)11(8)15/h3-4,13,15H,2,5H2,1H3. The van der Waals surface area contributed by atoms with Crippen LogP contribution in [0.1, 0.15) is 18.1 Å². The van der Waals surface area contributed by atoms with Crippen LogP contribution >= 0.6 is 0 Å². The summed E-state index contributed by atoms with van der Waals surface area (Å²) in [5, 5.41) is 27.4. The van der Waals surface area contributed by atoms with Gasteiger partial charge < -0.3 is 14.9 Å². The number of rotatable bonds is 3. The molecule has 0 aliphatic rings. The van der Waals surface area contributed by atoms with Crippen molar-refractivity contribution in [2.75, 3.05) is 6.61 Å². The van der Waals surface area contributed by atoms with E-state index in [2.05, 4.69) is 0 Å². The Morgan fingerprint density at radius 2 is 2.19 bits per heavy atom. The second-order valence-electron chi connectivity index (χ2n) is 3.10. The van der Waals surface area contributed by atoms with Crippen LogP contribution in [-0.4, -0.2) is 22.8 Å². The molecule has 2 N–H and O–H groups in total. The molecule has 0 aromatic heterocycles. The van der Waals surface area contributed by atoms with E-state index in [9.17, 15) is 15.0 Å². The number of hydrogen-bond donors (Lipinski definition) is 2. The third kappa shape index (κ3) is 2.64. The minimum Gasteiger partial charge on any atom is -0.504 e. The van der Waals surface area contributed by atoms with Gasteiger partial charge in [0.05, 0.1) is 24.7 Å². The lowest BCUT2D eigenvalue weighted by Gasteiger charge is -2.06. The maximum Gasteiger partial charge on any atom is 0.310 e. The molecule has 0 fully saturated rings. The Kier molecular flexibility index (Phi) is 3.72. The van der Waals surface area contributed by atoms with E-state index in [1.54, 1.807) is 6.92 Å². The molecule has 1 aromatic rings. The van der Waals surface area contributed by atoms with E-state index >= 15 is 0 Å². The molecule has 0 spiro atoms. The lowest BCUT2D eigenvalue weighted by molar-refractivity contribution is -0.142. The van der Waals surface area contributed by atoms with E-state index in [4.69, 9.17) is 10.00 Å². The predicted octanol–water partition coefficient (Wildman–Crippen LogP) is 1.08. The molecule has 16 heavy (non-hydrogen) atoms. The molecule has 0 unspecified atom stereocenters. The first kappa shape index (κ1) is 11.9. The monoisotopic (exact) mass is 221 g/mol. The minimum absolute atomic E-state index is 0.176. The van der Waals surface area contributed by atoms with E-state index in [0.717, 1.165) is 6.07 Å². The molecule has 5 heteroatoms. The molecule has 0 aliphatic carbocycles. The summed E-state index contributed by atoms with van der Waals surface area (Å²) in [7, 11) is 0. The van der Waals surface area contributed by atoms with Gasteiger partial charge in [-0.2, -0.15) is 5.26 Å². The van der Waals surface area contributed by atoms with Crippen LogP contribution in [0.25, 0.3) is 0 Å². The molecule has 0 saturated carbocycles. The normalized spacial score (nSPS) is 9.50. The van der Waals surface area contributed by atoms with Crippen LogP contribution in [0.4, 0.5) is 0 Å². The van der Waals surface area contributed by atoms with Crippen LogP contribution in [0, 0.1) is 11.3 Å². The molecule has 84 valence electrons. The van der Waals surface area contributed by atoms with Crippen LogP contribution in [0.15, 0.2) is 12.1 Å². The van der Waals surface area contributed by atoms with Crippen LogP contribution in [0.2, 0.25) is 0 Å². The summed E-state index contributed by atoms with van der Waals surface area (Å²) >= 11 is 0. The number of carbonyl (C=O) groups is 1.